The number of hydrogen-bond donors (Lipinski definition) is 0. The van der Waals surface area contributed by atoms with Crippen molar-refractivity contribution in [2.24, 2.45) is 0 Å². The monoisotopic (exact) mass is 167 g/mol. The Kier molecular flexibility index (Phi) is 3.07. The number of aromatic nitrogens is 1. The Morgan fingerprint density at radius 3 is 3.25 bits per heavy atom. The minimum atomic E-state index is -0.375. The summed E-state index contributed by atoms with van der Waals surface area (Å²) in [6.07, 6.45) is 4.27. The van der Waals surface area contributed by atoms with Gasteiger partial charge < -0.3 is 9.26 Å². The van der Waals surface area contributed by atoms with Crippen LogP contribution in [0, 0.1) is 0 Å². The van der Waals surface area contributed by atoms with Crippen molar-refractivity contribution in [3.05, 3.63) is 24.1 Å². The lowest BCUT2D eigenvalue weighted by Crippen LogP contribution is -1.98. The molecule has 0 fully saturated rings. The zero-order valence-corrected chi connectivity index (χ0v) is 6.69. The van der Waals surface area contributed by atoms with Gasteiger partial charge in [-0.05, 0) is 13.0 Å². The van der Waals surface area contributed by atoms with Crippen LogP contribution >= 0.6 is 0 Å². The quantitative estimate of drug-likeness (QED) is 0.502. The molecule has 64 valence electrons. The first-order valence-electron chi connectivity index (χ1n) is 3.58. The fourth-order valence-corrected chi connectivity index (χ4v) is 0.652. The number of esters is 1. The van der Waals surface area contributed by atoms with E-state index in [0.29, 0.717) is 12.3 Å². The first-order chi connectivity index (χ1) is 5.83. The van der Waals surface area contributed by atoms with E-state index in [1.807, 2.05) is 0 Å². The normalized spacial score (nSPS) is 10.4. The average Bonchev–Trinajstić information content (AvgIpc) is 2.53. The van der Waals surface area contributed by atoms with Crippen LogP contribution in [0.25, 0.3) is 6.08 Å². The van der Waals surface area contributed by atoms with Crippen LogP contribution in [0.4, 0.5) is 0 Å². The lowest BCUT2D eigenvalue weighted by molar-refractivity contribution is -0.137. The Morgan fingerprint density at radius 2 is 2.67 bits per heavy atom. The zero-order valence-electron chi connectivity index (χ0n) is 6.69. The topological polar surface area (TPSA) is 52.3 Å². The van der Waals surface area contributed by atoms with Gasteiger partial charge in [-0.1, -0.05) is 5.16 Å². The van der Waals surface area contributed by atoms with Gasteiger partial charge >= 0.3 is 5.97 Å². The number of hydrogen-bond acceptors (Lipinski definition) is 4. The third-order valence-electron chi connectivity index (χ3n) is 1.13. The van der Waals surface area contributed by atoms with Gasteiger partial charge in [0.25, 0.3) is 0 Å². The van der Waals surface area contributed by atoms with Gasteiger partial charge in [-0.3, -0.25) is 0 Å². The minimum Gasteiger partial charge on any atom is -0.463 e. The van der Waals surface area contributed by atoms with Gasteiger partial charge in [0.1, 0.15) is 12.0 Å². The number of carbonyl (C=O) groups is 1. The molecule has 1 aromatic heterocycles. The summed E-state index contributed by atoms with van der Waals surface area (Å²) in [5, 5.41) is 3.58. The Hall–Kier alpha value is -1.58. The predicted octanol–water partition coefficient (Wildman–Crippen LogP) is 1.25. The Balaban J connectivity index is 2.45. The standard InChI is InChI=1S/C8H9NO3/c1-2-11-8(10)4-3-7-5-6-12-9-7/h3-6H,2H2,1H3/b4-3+. The Morgan fingerprint density at radius 1 is 1.83 bits per heavy atom. The highest BCUT2D eigenvalue weighted by Crippen LogP contribution is 1.97. The minimum absolute atomic E-state index is 0.375. The number of rotatable bonds is 3. The second-order valence-electron chi connectivity index (χ2n) is 2.01. The molecule has 0 amide bonds. The summed E-state index contributed by atoms with van der Waals surface area (Å²) in [6.45, 7) is 2.13. The number of carbonyl (C=O) groups excluding carboxylic acids is 1. The molecule has 12 heavy (non-hydrogen) atoms. The molecule has 0 unspecified atom stereocenters. The molecule has 0 saturated carbocycles. The van der Waals surface area contributed by atoms with Crippen molar-refractivity contribution in [2.75, 3.05) is 6.61 Å². The van der Waals surface area contributed by atoms with E-state index in [1.54, 1.807) is 13.0 Å². The summed E-state index contributed by atoms with van der Waals surface area (Å²) in [5.74, 6) is -0.375. The summed E-state index contributed by atoms with van der Waals surface area (Å²) in [5.41, 5.74) is 0.600. The van der Waals surface area contributed by atoms with Crippen LogP contribution in [0.3, 0.4) is 0 Å². The Labute approximate surface area is 69.8 Å². The van der Waals surface area contributed by atoms with E-state index in [-0.39, 0.29) is 5.97 Å². The lowest BCUT2D eigenvalue weighted by atomic mass is 10.4. The van der Waals surface area contributed by atoms with Gasteiger partial charge in [-0.2, -0.15) is 0 Å². The van der Waals surface area contributed by atoms with E-state index >= 15 is 0 Å². The second-order valence-corrected chi connectivity index (χ2v) is 2.01. The van der Waals surface area contributed by atoms with Crippen LogP contribution in [0.2, 0.25) is 0 Å². The summed E-state index contributed by atoms with van der Waals surface area (Å²) >= 11 is 0. The van der Waals surface area contributed by atoms with Gasteiger partial charge in [-0.15, -0.1) is 0 Å². The van der Waals surface area contributed by atoms with Crippen molar-refractivity contribution in [1.82, 2.24) is 5.16 Å². The fraction of sp³-hybridized carbons (Fsp3) is 0.250. The van der Waals surface area contributed by atoms with E-state index in [9.17, 15) is 4.79 Å². The molecule has 0 aliphatic rings. The van der Waals surface area contributed by atoms with Crippen molar-refractivity contribution in [2.45, 2.75) is 6.92 Å². The molecule has 4 heteroatoms. The fourth-order valence-electron chi connectivity index (χ4n) is 0.652. The van der Waals surface area contributed by atoms with Crippen molar-refractivity contribution in [1.29, 1.82) is 0 Å². The average molecular weight is 167 g/mol. The SMILES string of the molecule is CCOC(=O)/C=C/c1ccon1. The summed E-state index contributed by atoms with van der Waals surface area (Å²) in [7, 11) is 0. The second kappa shape index (κ2) is 4.33. The molecular weight excluding hydrogens is 158 g/mol. The van der Waals surface area contributed by atoms with Gasteiger partial charge in [0.05, 0.1) is 6.61 Å². The predicted molar refractivity (Wildman–Crippen MR) is 42.2 cm³/mol. The van der Waals surface area contributed by atoms with Gasteiger partial charge in [0.15, 0.2) is 0 Å². The zero-order chi connectivity index (χ0) is 8.81. The smallest absolute Gasteiger partial charge is 0.330 e. The highest BCUT2D eigenvalue weighted by molar-refractivity contribution is 5.86. The molecule has 0 aliphatic heterocycles. The van der Waals surface area contributed by atoms with Crippen LogP contribution in [0.1, 0.15) is 12.6 Å². The molecule has 0 saturated heterocycles. The first kappa shape index (κ1) is 8.52. The molecule has 0 bridgehead atoms. The maximum absolute atomic E-state index is 10.8. The van der Waals surface area contributed by atoms with E-state index in [2.05, 4.69) is 14.4 Å². The third-order valence-corrected chi connectivity index (χ3v) is 1.13. The molecule has 1 heterocycles. The number of ether oxygens (including phenoxy) is 1. The first-order valence-corrected chi connectivity index (χ1v) is 3.58. The van der Waals surface area contributed by atoms with Crippen LogP contribution in [0.5, 0.6) is 0 Å². The third kappa shape index (κ3) is 2.57. The van der Waals surface area contributed by atoms with Crippen molar-refractivity contribution >= 4 is 12.0 Å². The molecule has 4 nitrogen and oxygen atoms in total. The molecule has 0 aromatic carbocycles. The molecule has 0 radical (unpaired) electrons. The van der Waals surface area contributed by atoms with Crippen molar-refractivity contribution < 1.29 is 14.1 Å². The maximum atomic E-state index is 10.8. The molecular formula is C8H9NO3. The summed E-state index contributed by atoms with van der Waals surface area (Å²) in [6, 6.07) is 1.65. The summed E-state index contributed by atoms with van der Waals surface area (Å²) in [4.78, 5) is 10.8. The summed E-state index contributed by atoms with van der Waals surface area (Å²) < 4.78 is 9.21. The molecule has 0 aliphatic carbocycles. The van der Waals surface area contributed by atoms with Crippen LogP contribution in [0.15, 0.2) is 22.9 Å². The van der Waals surface area contributed by atoms with E-state index in [1.165, 1.54) is 18.4 Å². The molecule has 0 spiro atoms. The van der Waals surface area contributed by atoms with Crippen LogP contribution in [-0.4, -0.2) is 17.7 Å². The van der Waals surface area contributed by atoms with E-state index in [0.717, 1.165) is 0 Å². The van der Waals surface area contributed by atoms with Gasteiger partial charge in [0, 0.05) is 12.1 Å². The highest BCUT2D eigenvalue weighted by Gasteiger charge is 1.94. The number of nitrogens with zero attached hydrogens (tertiary/aromatic N) is 1. The Bertz CT molecular complexity index is 264. The molecule has 1 aromatic rings. The van der Waals surface area contributed by atoms with Crippen LogP contribution < -0.4 is 0 Å². The molecule has 0 atom stereocenters. The molecule has 1 rings (SSSR count). The van der Waals surface area contributed by atoms with Gasteiger partial charge in [-0.25, -0.2) is 4.79 Å². The van der Waals surface area contributed by atoms with Crippen molar-refractivity contribution in [3.8, 4) is 0 Å². The van der Waals surface area contributed by atoms with Gasteiger partial charge in [0.2, 0.25) is 0 Å². The van der Waals surface area contributed by atoms with E-state index < -0.39 is 0 Å². The highest BCUT2D eigenvalue weighted by atomic mass is 16.5. The largest absolute Gasteiger partial charge is 0.463 e. The maximum Gasteiger partial charge on any atom is 0.330 e. The molecule has 0 N–H and O–H groups in total. The van der Waals surface area contributed by atoms with E-state index in [4.69, 9.17) is 0 Å². The van der Waals surface area contributed by atoms with Crippen molar-refractivity contribution in [3.63, 3.8) is 0 Å². The lowest BCUT2D eigenvalue weighted by Gasteiger charge is -1.92. The van der Waals surface area contributed by atoms with Crippen LogP contribution in [-0.2, 0) is 9.53 Å².